The Balaban J connectivity index is 3.06. The molecule has 0 saturated carbocycles. The number of hydrogen-bond donors (Lipinski definition) is 1. The Morgan fingerprint density at radius 1 is 1.27 bits per heavy atom. The summed E-state index contributed by atoms with van der Waals surface area (Å²) in [7, 11) is 1.22. The Hall–Kier alpha value is -2.02. The number of carbonyl (C=O) groups excluding carboxylic acids is 2. The highest BCUT2D eigenvalue weighted by Crippen LogP contribution is 2.19. The molecule has 122 valence electrons. The van der Waals surface area contributed by atoms with Crippen LogP contribution in [0.25, 0.3) is 0 Å². The number of aliphatic hydroxyl groups is 1. The number of amides is 1. The van der Waals surface area contributed by atoms with E-state index in [9.17, 15) is 23.5 Å². The van der Waals surface area contributed by atoms with Crippen LogP contribution in [0.3, 0.4) is 0 Å². The van der Waals surface area contributed by atoms with Crippen molar-refractivity contribution in [2.45, 2.75) is 25.8 Å². The van der Waals surface area contributed by atoms with Crippen LogP contribution in [-0.4, -0.2) is 47.7 Å². The van der Waals surface area contributed by atoms with Gasteiger partial charge in [-0.05, 0) is 32.0 Å². The molecule has 0 unspecified atom stereocenters. The second-order valence-corrected chi connectivity index (χ2v) is 5.38. The highest BCUT2D eigenvalue weighted by atomic mass is 19.2. The first-order valence-electron chi connectivity index (χ1n) is 6.67. The van der Waals surface area contributed by atoms with Crippen LogP contribution >= 0.6 is 0 Å². The van der Waals surface area contributed by atoms with Gasteiger partial charge in [0.15, 0.2) is 11.6 Å². The lowest BCUT2D eigenvalue weighted by molar-refractivity contribution is -0.141. The molecule has 0 heterocycles. The van der Waals surface area contributed by atoms with Crippen molar-refractivity contribution in [3.8, 4) is 0 Å². The molecule has 1 amide bonds. The normalized spacial score (nSPS) is 11.2. The molecule has 22 heavy (non-hydrogen) atoms. The van der Waals surface area contributed by atoms with Crippen LogP contribution in [0, 0.1) is 11.6 Å². The quantitative estimate of drug-likeness (QED) is 0.812. The Labute approximate surface area is 127 Å². The summed E-state index contributed by atoms with van der Waals surface area (Å²) in [5.74, 6) is -3.32. The van der Waals surface area contributed by atoms with Crippen molar-refractivity contribution in [1.82, 2.24) is 4.90 Å². The molecule has 0 radical (unpaired) electrons. The van der Waals surface area contributed by atoms with E-state index in [0.717, 1.165) is 18.2 Å². The highest BCUT2D eigenvalue weighted by molar-refractivity contribution is 5.95. The van der Waals surface area contributed by atoms with Crippen LogP contribution in [0.1, 0.15) is 30.6 Å². The zero-order valence-corrected chi connectivity index (χ0v) is 12.7. The van der Waals surface area contributed by atoms with Crippen LogP contribution < -0.4 is 0 Å². The average Bonchev–Trinajstić information content (AvgIpc) is 2.49. The molecule has 0 aliphatic heterocycles. The van der Waals surface area contributed by atoms with Crippen molar-refractivity contribution in [2.24, 2.45) is 0 Å². The van der Waals surface area contributed by atoms with Gasteiger partial charge >= 0.3 is 5.97 Å². The molecule has 1 aromatic rings. The molecule has 7 heteroatoms. The first kappa shape index (κ1) is 18.0. The van der Waals surface area contributed by atoms with Gasteiger partial charge in [-0.15, -0.1) is 0 Å². The van der Waals surface area contributed by atoms with Gasteiger partial charge in [0.25, 0.3) is 5.91 Å². The number of nitrogens with zero attached hydrogens (tertiary/aromatic N) is 1. The minimum Gasteiger partial charge on any atom is -0.469 e. The van der Waals surface area contributed by atoms with Crippen LogP contribution in [0.4, 0.5) is 8.78 Å². The zero-order chi connectivity index (χ0) is 16.9. The zero-order valence-electron chi connectivity index (χ0n) is 12.7. The van der Waals surface area contributed by atoms with Crippen molar-refractivity contribution in [3.63, 3.8) is 0 Å². The van der Waals surface area contributed by atoms with Crippen LogP contribution in [0.2, 0.25) is 0 Å². The lowest BCUT2D eigenvalue weighted by Crippen LogP contribution is -2.51. The molecule has 0 atom stereocenters. The maximum Gasteiger partial charge on any atom is 0.307 e. The molecule has 0 spiro atoms. The van der Waals surface area contributed by atoms with E-state index in [2.05, 4.69) is 4.74 Å². The predicted octanol–water partition coefficient (Wildman–Crippen LogP) is 1.74. The lowest BCUT2D eigenvalue weighted by Gasteiger charge is -2.37. The van der Waals surface area contributed by atoms with Gasteiger partial charge in [0.05, 0.1) is 25.7 Å². The van der Waals surface area contributed by atoms with E-state index in [1.165, 1.54) is 12.0 Å². The summed E-state index contributed by atoms with van der Waals surface area (Å²) in [6.45, 7) is 2.83. The maximum atomic E-state index is 13.3. The van der Waals surface area contributed by atoms with E-state index >= 15 is 0 Å². The summed E-state index contributed by atoms with van der Waals surface area (Å²) >= 11 is 0. The fourth-order valence-electron chi connectivity index (χ4n) is 1.85. The third-order valence-electron chi connectivity index (χ3n) is 3.30. The van der Waals surface area contributed by atoms with E-state index in [1.54, 1.807) is 13.8 Å². The number of halogens is 2. The standard InChI is InChI=1S/C15H19F2NO4/c1-15(2,9-19)18(7-6-13(20)22-3)14(21)10-4-5-11(16)12(17)8-10/h4-5,8,19H,6-7,9H2,1-3H3. The van der Waals surface area contributed by atoms with Gasteiger partial charge in [-0.2, -0.15) is 0 Å². The minimum atomic E-state index is -1.14. The predicted molar refractivity (Wildman–Crippen MR) is 75.2 cm³/mol. The first-order valence-corrected chi connectivity index (χ1v) is 6.67. The van der Waals surface area contributed by atoms with E-state index in [0.29, 0.717) is 0 Å². The number of ether oxygens (including phenoxy) is 1. The Morgan fingerprint density at radius 3 is 2.41 bits per heavy atom. The molecule has 1 N–H and O–H groups in total. The monoisotopic (exact) mass is 315 g/mol. The van der Waals surface area contributed by atoms with Gasteiger partial charge in [0.1, 0.15) is 0 Å². The molecule has 0 bridgehead atoms. The molecule has 0 fully saturated rings. The minimum absolute atomic E-state index is 0.0158. The van der Waals surface area contributed by atoms with Gasteiger partial charge in [-0.3, -0.25) is 9.59 Å². The van der Waals surface area contributed by atoms with Gasteiger partial charge in [-0.25, -0.2) is 8.78 Å². The number of carbonyl (C=O) groups is 2. The summed E-state index contributed by atoms with van der Waals surface area (Å²) in [5.41, 5.74) is -1.04. The van der Waals surface area contributed by atoms with E-state index in [-0.39, 0.29) is 25.1 Å². The van der Waals surface area contributed by atoms with Gasteiger partial charge in [0, 0.05) is 12.1 Å². The smallest absolute Gasteiger partial charge is 0.307 e. The summed E-state index contributed by atoms with van der Waals surface area (Å²) in [6.07, 6.45) is -0.0741. The molecule has 5 nitrogen and oxygen atoms in total. The number of rotatable bonds is 6. The van der Waals surface area contributed by atoms with Crippen LogP contribution in [0.5, 0.6) is 0 Å². The number of aliphatic hydroxyl groups excluding tert-OH is 1. The summed E-state index contributed by atoms with van der Waals surface area (Å²) in [4.78, 5) is 25.0. The van der Waals surface area contributed by atoms with Crippen molar-refractivity contribution < 1.29 is 28.2 Å². The summed E-state index contributed by atoms with van der Waals surface area (Å²) in [5, 5.41) is 9.44. The van der Waals surface area contributed by atoms with Crippen molar-refractivity contribution in [2.75, 3.05) is 20.3 Å². The second kappa shape index (κ2) is 7.31. The van der Waals surface area contributed by atoms with Gasteiger partial charge in [0.2, 0.25) is 0 Å². The number of esters is 1. The number of hydrogen-bond acceptors (Lipinski definition) is 4. The Bertz CT molecular complexity index is 560. The van der Waals surface area contributed by atoms with E-state index in [1.807, 2.05) is 0 Å². The molecule has 1 rings (SSSR count). The topological polar surface area (TPSA) is 66.8 Å². The third-order valence-corrected chi connectivity index (χ3v) is 3.30. The third kappa shape index (κ3) is 4.24. The Kier molecular flexibility index (Phi) is 5.99. The summed E-state index contributed by atoms with van der Waals surface area (Å²) in [6, 6.07) is 2.79. The molecule has 0 aliphatic rings. The Morgan fingerprint density at radius 2 is 1.91 bits per heavy atom. The lowest BCUT2D eigenvalue weighted by atomic mass is 10.0. The molecular formula is C15H19F2NO4. The fraction of sp³-hybridized carbons (Fsp3) is 0.467. The van der Waals surface area contributed by atoms with Crippen LogP contribution in [-0.2, 0) is 9.53 Å². The average molecular weight is 315 g/mol. The second-order valence-electron chi connectivity index (χ2n) is 5.38. The van der Waals surface area contributed by atoms with Gasteiger partial charge in [-0.1, -0.05) is 0 Å². The fourth-order valence-corrected chi connectivity index (χ4v) is 1.85. The first-order chi connectivity index (χ1) is 10.2. The highest BCUT2D eigenvalue weighted by Gasteiger charge is 2.31. The molecular weight excluding hydrogens is 296 g/mol. The molecule has 0 aromatic heterocycles. The summed E-state index contributed by atoms with van der Waals surface area (Å²) < 4.78 is 30.8. The van der Waals surface area contributed by atoms with Gasteiger partial charge < -0.3 is 14.7 Å². The van der Waals surface area contributed by atoms with Crippen molar-refractivity contribution in [3.05, 3.63) is 35.4 Å². The molecule has 1 aromatic carbocycles. The molecule has 0 saturated heterocycles. The number of methoxy groups -OCH3 is 1. The van der Waals surface area contributed by atoms with E-state index in [4.69, 9.17) is 0 Å². The van der Waals surface area contributed by atoms with Crippen molar-refractivity contribution >= 4 is 11.9 Å². The SMILES string of the molecule is COC(=O)CCN(C(=O)c1ccc(F)c(F)c1)C(C)(C)CO. The largest absolute Gasteiger partial charge is 0.469 e. The van der Waals surface area contributed by atoms with Crippen LogP contribution in [0.15, 0.2) is 18.2 Å². The maximum absolute atomic E-state index is 13.3. The van der Waals surface area contributed by atoms with Crippen molar-refractivity contribution in [1.29, 1.82) is 0 Å². The van der Waals surface area contributed by atoms with E-state index < -0.39 is 29.0 Å². The molecule has 0 aliphatic carbocycles. The number of benzene rings is 1.